The van der Waals surface area contributed by atoms with Crippen LogP contribution in [0.3, 0.4) is 0 Å². The fraction of sp³-hybridized carbons (Fsp3) is 0.368. The Hall–Kier alpha value is -4.12. The minimum atomic E-state index is -1.14. The molecule has 5 rings (SSSR count). The molecule has 0 spiro atoms. The van der Waals surface area contributed by atoms with Gasteiger partial charge in [-0.15, -0.1) is 36.2 Å². The van der Waals surface area contributed by atoms with Gasteiger partial charge in [0.05, 0.1) is 23.8 Å². The molecule has 3 heterocycles. The average Bonchev–Trinajstić information content (AvgIpc) is 3.88. The van der Waals surface area contributed by atoms with Crippen molar-refractivity contribution in [1.29, 1.82) is 10.5 Å². The fourth-order valence-electron chi connectivity index (χ4n) is 6.01. The lowest BCUT2D eigenvalue weighted by molar-refractivity contribution is -0.150. The molecule has 0 saturated carbocycles. The van der Waals surface area contributed by atoms with Crippen molar-refractivity contribution in [2.24, 2.45) is 11.5 Å². The zero-order valence-electron chi connectivity index (χ0n) is 30.1. The maximum atomic E-state index is 13.1. The number of thiazole rings is 1. The Morgan fingerprint density at radius 1 is 1.04 bits per heavy atom. The van der Waals surface area contributed by atoms with Crippen LogP contribution in [0.25, 0.3) is 21.7 Å². The summed E-state index contributed by atoms with van der Waals surface area (Å²) in [4.78, 5) is 37.9. The van der Waals surface area contributed by atoms with E-state index in [9.17, 15) is 25.2 Å². The first-order valence-electron chi connectivity index (χ1n) is 17.3. The van der Waals surface area contributed by atoms with Crippen molar-refractivity contribution in [1.82, 2.24) is 14.9 Å². The number of carbonyl (C=O) groups excluding carboxylic acids is 1. The Kier molecular flexibility index (Phi) is 18.0. The Morgan fingerprint density at radius 2 is 1.69 bits per heavy atom. The van der Waals surface area contributed by atoms with Gasteiger partial charge in [-0.25, -0.2) is 14.8 Å². The highest BCUT2D eigenvalue weighted by Gasteiger charge is 2.29. The quantitative estimate of drug-likeness (QED) is 0.0719. The monoisotopic (exact) mass is 844 g/mol. The number of aliphatic carboxylic acids is 1. The van der Waals surface area contributed by atoms with Crippen LogP contribution in [0.1, 0.15) is 55.8 Å². The van der Waals surface area contributed by atoms with E-state index in [0.29, 0.717) is 69.0 Å². The lowest BCUT2D eigenvalue weighted by Gasteiger charge is -2.29. The summed E-state index contributed by atoms with van der Waals surface area (Å²) in [5.74, 6) is -0.101. The molecular weight excluding hydrogens is 803 g/mol. The minimum absolute atomic E-state index is 0. The van der Waals surface area contributed by atoms with Crippen LogP contribution in [0.5, 0.6) is 5.75 Å². The van der Waals surface area contributed by atoms with E-state index in [-0.39, 0.29) is 38.0 Å². The normalized spacial score (nSPS) is 13.1. The first-order valence-corrected chi connectivity index (χ1v) is 19.6. The second-order valence-electron chi connectivity index (χ2n) is 12.5. The van der Waals surface area contributed by atoms with Gasteiger partial charge in [0, 0.05) is 40.4 Å². The molecule has 2 aromatic heterocycles. The van der Waals surface area contributed by atoms with Crippen LogP contribution in [-0.4, -0.2) is 76.7 Å². The first kappa shape index (κ1) is 45.3. The highest BCUT2D eigenvalue weighted by atomic mass is 35.5. The summed E-state index contributed by atoms with van der Waals surface area (Å²) in [5.41, 5.74) is 15.3. The molecule has 0 radical (unpaired) electrons. The lowest BCUT2D eigenvalue weighted by Crippen LogP contribution is -2.51. The molecule has 5 N–H and O–H groups in total. The number of halogens is 3. The number of anilines is 1. The SMILES string of the molecule is C[C@@H](C(=O)O)N(CCOc1ccc(-c2c(C#N)c(SCc3csc(-c4ccc(Cl)cc4)n3)nc(N3CCCC3)c2C#N)cc1)C(=O)[C@@H](N)CCCCN.Cl.Cl. The maximum Gasteiger partial charge on any atom is 0.326 e. The number of hydrogen-bond acceptors (Lipinski definition) is 12. The fourth-order valence-corrected chi connectivity index (χ4v) is 7.94. The second kappa shape index (κ2) is 21.8. The second-order valence-corrected chi connectivity index (χ2v) is 14.8. The molecule has 1 aliphatic rings. The number of aromatic nitrogens is 2. The molecule has 0 aliphatic carbocycles. The summed E-state index contributed by atoms with van der Waals surface area (Å²) < 4.78 is 5.94. The van der Waals surface area contributed by atoms with Crippen molar-refractivity contribution >= 4 is 77.2 Å². The summed E-state index contributed by atoms with van der Waals surface area (Å²) in [6.07, 6.45) is 3.76. The van der Waals surface area contributed by atoms with E-state index < -0.39 is 24.0 Å². The standard InChI is InChI=1S/C38H41ClN8O4S2.2ClH/c1-24(38(49)50)47(37(48)32(43)6-2-3-15-40)18-19-51-29-13-9-25(10-14-29)33-30(20-41)34(46-16-4-5-17-46)45-36(31(33)21-42)53-23-28-22-52-35(44-28)26-7-11-27(39)12-8-26;;/h7-14,22,24,32H,2-6,15-19,23,40,43H2,1H3,(H,49,50);2*1H/t24-,32-;;/m0../s1. The molecule has 1 amide bonds. The van der Waals surface area contributed by atoms with Gasteiger partial charge < -0.3 is 31.1 Å². The third-order valence-electron chi connectivity index (χ3n) is 8.91. The van der Waals surface area contributed by atoms with E-state index in [1.807, 2.05) is 29.6 Å². The van der Waals surface area contributed by atoms with E-state index in [0.717, 1.165) is 48.6 Å². The predicted molar refractivity (Wildman–Crippen MR) is 222 cm³/mol. The van der Waals surface area contributed by atoms with E-state index in [4.69, 9.17) is 37.8 Å². The highest BCUT2D eigenvalue weighted by molar-refractivity contribution is 7.98. The number of hydrogen-bond donors (Lipinski definition) is 3. The molecule has 2 atom stereocenters. The zero-order chi connectivity index (χ0) is 37.9. The number of pyridine rings is 1. The highest BCUT2D eigenvalue weighted by Crippen LogP contribution is 2.40. The van der Waals surface area contributed by atoms with Crippen LogP contribution in [0, 0.1) is 22.7 Å². The van der Waals surface area contributed by atoms with Crippen LogP contribution in [0.4, 0.5) is 5.82 Å². The molecule has 292 valence electrons. The van der Waals surface area contributed by atoms with Gasteiger partial charge in [-0.3, -0.25) is 4.79 Å². The molecular formula is C38H43Cl3N8O4S2. The maximum absolute atomic E-state index is 13.1. The number of carbonyl (C=O) groups is 2. The van der Waals surface area contributed by atoms with Gasteiger partial charge in [0.15, 0.2) is 0 Å². The Labute approximate surface area is 346 Å². The smallest absolute Gasteiger partial charge is 0.326 e. The van der Waals surface area contributed by atoms with Crippen molar-refractivity contribution in [3.63, 3.8) is 0 Å². The Morgan fingerprint density at radius 3 is 2.31 bits per heavy atom. The van der Waals surface area contributed by atoms with Crippen molar-refractivity contribution in [2.45, 2.75) is 61.9 Å². The number of nitrogens with two attached hydrogens (primary N) is 2. The zero-order valence-corrected chi connectivity index (χ0v) is 34.2. The summed E-state index contributed by atoms with van der Waals surface area (Å²) in [5, 5.41) is 34.6. The number of nitriles is 2. The Bertz CT molecular complexity index is 1980. The lowest BCUT2D eigenvalue weighted by atomic mass is 9.96. The number of thioether (sulfide) groups is 1. The first-order chi connectivity index (χ1) is 25.6. The summed E-state index contributed by atoms with van der Waals surface area (Å²) in [7, 11) is 0. The predicted octanol–water partition coefficient (Wildman–Crippen LogP) is 7.14. The van der Waals surface area contributed by atoms with Crippen LogP contribution in [0.15, 0.2) is 58.9 Å². The molecule has 0 bridgehead atoms. The molecule has 1 fully saturated rings. The molecule has 17 heteroatoms. The summed E-state index contributed by atoms with van der Waals surface area (Å²) >= 11 is 9.00. The number of benzene rings is 2. The van der Waals surface area contributed by atoms with E-state index in [1.165, 1.54) is 34.9 Å². The summed E-state index contributed by atoms with van der Waals surface area (Å²) in [6, 6.07) is 17.3. The van der Waals surface area contributed by atoms with Gasteiger partial charge in [0.25, 0.3) is 0 Å². The van der Waals surface area contributed by atoms with E-state index in [1.54, 1.807) is 24.3 Å². The van der Waals surface area contributed by atoms with E-state index in [2.05, 4.69) is 17.0 Å². The number of nitrogens with zero attached hydrogens (tertiary/aromatic N) is 6. The van der Waals surface area contributed by atoms with E-state index >= 15 is 0 Å². The number of carboxylic acid groups (broad SMARTS) is 1. The number of unbranched alkanes of at least 4 members (excludes halogenated alkanes) is 1. The number of amides is 1. The average molecular weight is 846 g/mol. The van der Waals surface area contributed by atoms with Gasteiger partial charge in [-0.2, -0.15) is 10.5 Å². The molecule has 0 unspecified atom stereocenters. The number of rotatable bonds is 17. The van der Waals surface area contributed by atoms with Crippen LogP contribution >= 0.6 is 59.5 Å². The topological polar surface area (TPSA) is 195 Å². The van der Waals surface area contributed by atoms with Gasteiger partial charge in [-0.1, -0.05) is 54.0 Å². The Balaban J connectivity index is 0.00000406. The van der Waals surface area contributed by atoms with Gasteiger partial charge in [0.2, 0.25) is 5.91 Å². The van der Waals surface area contributed by atoms with Gasteiger partial charge >= 0.3 is 5.97 Å². The van der Waals surface area contributed by atoms with Crippen molar-refractivity contribution in [3.05, 3.63) is 75.8 Å². The van der Waals surface area contributed by atoms with Crippen LogP contribution in [0.2, 0.25) is 5.02 Å². The van der Waals surface area contributed by atoms with Crippen molar-refractivity contribution < 1.29 is 19.4 Å². The molecule has 1 saturated heterocycles. The van der Waals surface area contributed by atoms with Crippen LogP contribution in [-0.2, 0) is 15.3 Å². The van der Waals surface area contributed by atoms with Gasteiger partial charge in [-0.05, 0) is 69.0 Å². The largest absolute Gasteiger partial charge is 0.492 e. The molecule has 12 nitrogen and oxygen atoms in total. The third-order valence-corrected chi connectivity index (χ3v) is 11.1. The van der Waals surface area contributed by atoms with Crippen molar-refractivity contribution in [2.75, 3.05) is 37.7 Å². The number of ether oxygens (including phenoxy) is 1. The van der Waals surface area contributed by atoms with Gasteiger partial charge in [0.1, 0.15) is 52.0 Å². The molecule has 55 heavy (non-hydrogen) atoms. The minimum Gasteiger partial charge on any atom is -0.492 e. The third kappa shape index (κ3) is 11.5. The summed E-state index contributed by atoms with van der Waals surface area (Å²) in [6.45, 7) is 3.49. The molecule has 2 aromatic carbocycles. The molecule has 1 aliphatic heterocycles. The number of carboxylic acids is 1. The molecule has 4 aromatic rings. The van der Waals surface area contributed by atoms with Crippen LogP contribution < -0.4 is 21.1 Å². The van der Waals surface area contributed by atoms with Crippen molar-refractivity contribution in [3.8, 4) is 39.6 Å².